The second kappa shape index (κ2) is 13.5. The summed E-state index contributed by atoms with van der Waals surface area (Å²) >= 11 is 1.74. The summed E-state index contributed by atoms with van der Waals surface area (Å²) < 4.78 is 0. The van der Waals surface area contributed by atoms with Crippen molar-refractivity contribution in [2.45, 2.75) is 97.8 Å². The fraction of sp³-hybridized carbons (Fsp3) is 0.950. The van der Waals surface area contributed by atoms with Crippen molar-refractivity contribution in [3.63, 3.8) is 0 Å². The van der Waals surface area contributed by atoms with Crippen molar-refractivity contribution in [1.82, 2.24) is 0 Å². The molecule has 138 valence electrons. The van der Waals surface area contributed by atoms with E-state index in [4.69, 9.17) is 0 Å². The average molecular weight is 360 g/mol. The molecule has 0 bridgehead atoms. The summed E-state index contributed by atoms with van der Waals surface area (Å²) in [6, 6.07) is 0. The Morgan fingerprint density at radius 2 is 1.00 bits per heavy atom. The van der Waals surface area contributed by atoms with E-state index in [1.807, 2.05) is 0 Å². The Hall–Kier alpha value is 0.270. The van der Waals surface area contributed by atoms with Gasteiger partial charge in [-0.25, -0.2) is 0 Å². The van der Waals surface area contributed by atoms with E-state index in [0.29, 0.717) is 0 Å². The van der Waals surface area contributed by atoms with Crippen LogP contribution in [0.5, 0.6) is 0 Å². The third-order valence-corrected chi connectivity index (χ3v) is 14.2. The van der Waals surface area contributed by atoms with Gasteiger partial charge in [0.25, 0.3) is 0 Å². The van der Waals surface area contributed by atoms with Crippen molar-refractivity contribution in [3.05, 3.63) is 0 Å². The molecule has 3 heteroatoms. The summed E-state index contributed by atoms with van der Waals surface area (Å²) in [7, 11) is 0. The standard InChI is InChI=1S/C20H42NPS/c1-5-8-11-14-17-22(4,23-20-21,18-15-12-9-6-2)19-16-13-10-7-3/h5-19H2,1-4H3. The topological polar surface area (TPSA) is 23.8 Å². The third kappa shape index (κ3) is 10.7. The van der Waals surface area contributed by atoms with Crippen molar-refractivity contribution >= 4 is 17.2 Å². The first kappa shape index (κ1) is 23.3. The molecule has 0 saturated carbocycles. The van der Waals surface area contributed by atoms with Crippen molar-refractivity contribution in [2.75, 3.05) is 25.2 Å². The van der Waals surface area contributed by atoms with Crippen LogP contribution in [0.15, 0.2) is 0 Å². The summed E-state index contributed by atoms with van der Waals surface area (Å²) in [5.41, 5.74) is 0. The molecule has 0 aromatic heterocycles. The van der Waals surface area contributed by atoms with Gasteiger partial charge in [0.05, 0.1) is 0 Å². The average Bonchev–Trinajstić information content (AvgIpc) is 2.54. The van der Waals surface area contributed by atoms with Crippen LogP contribution in [0, 0.1) is 10.7 Å². The van der Waals surface area contributed by atoms with Crippen LogP contribution in [-0.2, 0) is 0 Å². The third-order valence-electron chi connectivity index (χ3n) is 5.25. The molecule has 23 heavy (non-hydrogen) atoms. The van der Waals surface area contributed by atoms with Gasteiger partial charge in [0.2, 0.25) is 0 Å². The summed E-state index contributed by atoms with van der Waals surface area (Å²) in [5, 5.41) is 12.1. The van der Waals surface area contributed by atoms with E-state index in [0.717, 1.165) is 0 Å². The molecule has 0 aliphatic heterocycles. The minimum absolute atomic E-state index is 1.30. The van der Waals surface area contributed by atoms with Crippen molar-refractivity contribution in [2.24, 2.45) is 0 Å². The van der Waals surface area contributed by atoms with E-state index < -0.39 is 5.81 Å². The predicted molar refractivity (Wildman–Crippen MR) is 113 cm³/mol. The first-order valence-corrected chi connectivity index (χ1v) is 14.8. The normalized spacial score (nSPS) is 13.4. The second-order valence-electron chi connectivity index (χ2n) is 7.72. The molecule has 0 spiro atoms. The van der Waals surface area contributed by atoms with Gasteiger partial charge in [-0.2, -0.15) is 0 Å². The van der Waals surface area contributed by atoms with Crippen molar-refractivity contribution in [1.29, 1.82) is 5.26 Å². The number of thiocyanates is 1. The minimum atomic E-state index is -1.88. The molecule has 0 aromatic rings. The molecule has 0 saturated heterocycles. The molecule has 0 amide bonds. The van der Waals surface area contributed by atoms with Gasteiger partial charge in [0.15, 0.2) is 0 Å². The Bertz CT molecular complexity index is 290. The van der Waals surface area contributed by atoms with Crippen molar-refractivity contribution in [3.8, 4) is 5.40 Å². The Morgan fingerprint density at radius 3 is 1.26 bits per heavy atom. The molecule has 0 aliphatic rings. The van der Waals surface area contributed by atoms with E-state index >= 15 is 0 Å². The molecular weight excluding hydrogens is 317 g/mol. The number of nitriles is 1. The first-order valence-electron chi connectivity index (χ1n) is 10.1. The fourth-order valence-corrected chi connectivity index (χ4v) is 10.9. The Kier molecular flexibility index (Phi) is 13.7. The second-order valence-corrected chi connectivity index (χ2v) is 17.8. The van der Waals surface area contributed by atoms with Crippen LogP contribution >= 0.6 is 17.2 Å². The molecule has 0 unspecified atom stereocenters. The van der Waals surface area contributed by atoms with Gasteiger partial charge in [0.1, 0.15) is 0 Å². The molecule has 0 heterocycles. The molecule has 0 N–H and O–H groups in total. The first-order chi connectivity index (χ1) is 11.0. The molecule has 0 rings (SSSR count). The zero-order valence-electron chi connectivity index (χ0n) is 16.4. The van der Waals surface area contributed by atoms with E-state index in [2.05, 4.69) is 32.8 Å². The van der Waals surface area contributed by atoms with E-state index in [1.54, 1.807) is 11.4 Å². The zero-order chi connectivity index (χ0) is 17.5. The number of hydrogen-bond acceptors (Lipinski definition) is 2. The predicted octanol–water partition coefficient (Wildman–Crippen LogP) is 8.04. The van der Waals surface area contributed by atoms with Crippen LogP contribution in [0.4, 0.5) is 0 Å². The molecule has 0 fully saturated rings. The SMILES string of the molecule is CCCCCCP(C)(CCCCCC)(CCCCCC)SC#N. The maximum absolute atomic E-state index is 9.52. The zero-order valence-corrected chi connectivity index (χ0v) is 18.1. The van der Waals surface area contributed by atoms with Crippen LogP contribution in [0.25, 0.3) is 0 Å². The summed E-state index contributed by atoms with van der Waals surface area (Å²) in [6.45, 7) is 9.41. The van der Waals surface area contributed by atoms with Gasteiger partial charge in [-0.3, -0.25) is 0 Å². The monoisotopic (exact) mass is 359 g/mol. The molecule has 1 nitrogen and oxygen atoms in total. The van der Waals surface area contributed by atoms with Crippen LogP contribution in [0.2, 0.25) is 0 Å². The number of rotatable bonds is 16. The number of unbranched alkanes of at least 4 members (excludes halogenated alkanes) is 9. The van der Waals surface area contributed by atoms with Gasteiger partial charge in [-0.1, -0.05) is 0 Å². The molecule has 0 aromatic carbocycles. The number of hydrogen-bond donors (Lipinski definition) is 0. The molecule has 0 radical (unpaired) electrons. The summed E-state index contributed by atoms with van der Waals surface area (Å²) in [5.74, 6) is -1.88. The molecule has 0 aliphatic carbocycles. The van der Waals surface area contributed by atoms with Gasteiger partial charge >= 0.3 is 151 Å². The summed E-state index contributed by atoms with van der Waals surface area (Å²) in [4.78, 5) is 0. The van der Waals surface area contributed by atoms with Gasteiger partial charge in [0, 0.05) is 0 Å². The number of nitrogens with zero attached hydrogens (tertiary/aromatic N) is 1. The van der Waals surface area contributed by atoms with Crippen LogP contribution in [0.1, 0.15) is 97.8 Å². The van der Waals surface area contributed by atoms with Crippen LogP contribution in [-0.4, -0.2) is 25.2 Å². The quantitative estimate of drug-likeness (QED) is 0.158. The van der Waals surface area contributed by atoms with Gasteiger partial charge < -0.3 is 0 Å². The Balaban J connectivity index is 4.78. The summed E-state index contributed by atoms with van der Waals surface area (Å²) in [6.07, 6.45) is 20.1. The molecular formula is C20H42NPS. The van der Waals surface area contributed by atoms with E-state index in [9.17, 15) is 5.26 Å². The molecule has 0 atom stereocenters. The van der Waals surface area contributed by atoms with Crippen molar-refractivity contribution < 1.29 is 0 Å². The van der Waals surface area contributed by atoms with Crippen LogP contribution in [0.3, 0.4) is 0 Å². The van der Waals surface area contributed by atoms with Gasteiger partial charge in [-0.15, -0.1) is 0 Å². The van der Waals surface area contributed by atoms with E-state index in [1.165, 1.54) is 95.5 Å². The maximum atomic E-state index is 9.52. The fourth-order valence-electron chi connectivity index (χ4n) is 3.55. The Morgan fingerprint density at radius 1 is 0.652 bits per heavy atom. The van der Waals surface area contributed by atoms with Crippen LogP contribution < -0.4 is 0 Å². The Labute approximate surface area is 151 Å². The van der Waals surface area contributed by atoms with E-state index in [-0.39, 0.29) is 0 Å². The van der Waals surface area contributed by atoms with Gasteiger partial charge in [-0.05, 0) is 0 Å².